The van der Waals surface area contributed by atoms with Crippen LogP contribution in [0.25, 0.3) is 0 Å². The van der Waals surface area contributed by atoms with Gasteiger partial charge in [-0.3, -0.25) is 0 Å². The molecule has 0 bridgehead atoms. The van der Waals surface area contributed by atoms with Crippen molar-refractivity contribution in [1.82, 2.24) is 0 Å². The summed E-state index contributed by atoms with van der Waals surface area (Å²) in [5.74, 6) is 2.74. The van der Waals surface area contributed by atoms with Gasteiger partial charge in [-0.05, 0) is 48.5 Å². The predicted molar refractivity (Wildman–Crippen MR) is 112 cm³/mol. The SMILES string of the molecule is c1ccc(Nc2ccc3c(c2)Oc2cccc(Nc4ccccc4)c2O3)cc1. The van der Waals surface area contributed by atoms with E-state index in [1.54, 1.807) is 0 Å². The Bertz CT molecular complexity index is 1110. The van der Waals surface area contributed by atoms with E-state index in [-0.39, 0.29) is 0 Å². The third-order valence-electron chi connectivity index (χ3n) is 4.47. The van der Waals surface area contributed by atoms with E-state index < -0.39 is 0 Å². The maximum atomic E-state index is 6.17. The van der Waals surface area contributed by atoms with Crippen molar-refractivity contribution in [3.63, 3.8) is 0 Å². The molecule has 1 aliphatic rings. The lowest BCUT2D eigenvalue weighted by Gasteiger charge is -2.23. The first-order valence-electron chi connectivity index (χ1n) is 9.12. The summed E-state index contributed by atoms with van der Waals surface area (Å²) >= 11 is 0. The smallest absolute Gasteiger partial charge is 0.193 e. The van der Waals surface area contributed by atoms with Crippen molar-refractivity contribution in [2.45, 2.75) is 0 Å². The van der Waals surface area contributed by atoms with Gasteiger partial charge in [-0.15, -0.1) is 0 Å². The van der Waals surface area contributed by atoms with Gasteiger partial charge in [0.1, 0.15) is 0 Å². The number of nitrogens with one attached hydrogen (secondary N) is 2. The Hall–Kier alpha value is -3.92. The zero-order valence-corrected chi connectivity index (χ0v) is 15.1. The summed E-state index contributed by atoms with van der Waals surface area (Å²) in [6, 6.07) is 31.7. The second-order valence-corrected chi connectivity index (χ2v) is 6.48. The summed E-state index contributed by atoms with van der Waals surface area (Å²) in [4.78, 5) is 0. The number of hydrogen-bond acceptors (Lipinski definition) is 4. The lowest BCUT2D eigenvalue weighted by Crippen LogP contribution is -2.02. The Labute approximate surface area is 163 Å². The summed E-state index contributed by atoms with van der Waals surface area (Å²) in [5, 5.41) is 6.76. The highest BCUT2D eigenvalue weighted by Crippen LogP contribution is 2.50. The molecule has 0 amide bonds. The molecule has 5 rings (SSSR count). The van der Waals surface area contributed by atoms with Crippen molar-refractivity contribution >= 4 is 22.7 Å². The molecule has 0 fully saturated rings. The van der Waals surface area contributed by atoms with Crippen LogP contribution in [0.15, 0.2) is 97.1 Å². The fraction of sp³-hybridized carbons (Fsp3) is 0. The molecule has 1 heterocycles. The molecule has 0 saturated heterocycles. The molecular weight excluding hydrogens is 348 g/mol. The molecule has 28 heavy (non-hydrogen) atoms. The van der Waals surface area contributed by atoms with E-state index in [0.717, 1.165) is 22.7 Å². The summed E-state index contributed by atoms with van der Waals surface area (Å²) in [7, 11) is 0. The maximum Gasteiger partial charge on any atom is 0.193 e. The van der Waals surface area contributed by atoms with E-state index in [2.05, 4.69) is 10.6 Å². The molecular formula is C24H18N2O2. The van der Waals surface area contributed by atoms with Crippen LogP contribution in [0.1, 0.15) is 0 Å². The van der Waals surface area contributed by atoms with Crippen molar-refractivity contribution in [2.75, 3.05) is 10.6 Å². The molecule has 4 nitrogen and oxygen atoms in total. The normalized spacial score (nSPS) is 11.4. The fourth-order valence-corrected chi connectivity index (χ4v) is 3.14. The van der Waals surface area contributed by atoms with E-state index in [0.29, 0.717) is 23.0 Å². The minimum absolute atomic E-state index is 0.683. The Morgan fingerprint density at radius 3 is 1.93 bits per heavy atom. The van der Waals surface area contributed by atoms with Crippen LogP contribution < -0.4 is 20.1 Å². The molecule has 0 unspecified atom stereocenters. The van der Waals surface area contributed by atoms with E-state index in [1.165, 1.54) is 0 Å². The van der Waals surface area contributed by atoms with E-state index in [4.69, 9.17) is 9.47 Å². The average Bonchev–Trinajstić information content (AvgIpc) is 2.74. The standard InChI is InChI=1S/C24H18N2O2/c1-3-8-17(9-4-1)25-19-14-15-21-23(16-19)27-22-13-7-12-20(24(22)28-21)26-18-10-5-2-6-11-18/h1-16,25-26H. The number of rotatable bonds is 4. The van der Waals surface area contributed by atoms with Crippen molar-refractivity contribution in [3.05, 3.63) is 97.1 Å². The zero-order valence-electron chi connectivity index (χ0n) is 15.1. The van der Waals surface area contributed by atoms with Gasteiger partial charge in [-0.2, -0.15) is 0 Å². The van der Waals surface area contributed by atoms with Crippen LogP contribution in [0.5, 0.6) is 23.0 Å². The number of benzene rings is 4. The Morgan fingerprint density at radius 2 is 1.18 bits per heavy atom. The molecule has 0 aromatic heterocycles. The first kappa shape index (κ1) is 16.3. The van der Waals surface area contributed by atoms with E-state index in [1.807, 2.05) is 97.1 Å². The van der Waals surface area contributed by atoms with Crippen LogP contribution in [-0.2, 0) is 0 Å². The highest BCUT2D eigenvalue weighted by atomic mass is 16.6. The molecule has 0 spiro atoms. The number of ether oxygens (including phenoxy) is 2. The quantitative estimate of drug-likeness (QED) is 0.357. The summed E-state index contributed by atoms with van der Waals surface area (Å²) in [5.41, 5.74) is 3.82. The molecule has 4 heteroatoms. The highest BCUT2D eigenvalue weighted by molar-refractivity contribution is 5.74. The first-order chi connectivity index (χ1) is 13.8. The first-order valence-corrected chi connectivity index (χ1v) is 9.12. The van der Waals surface area contributed by atoms with Gasteiger partial charge in [0, 0.05) is 23.1 Å². The molecule has 0 aliphatic carbocycles. The van der Waals surface area contributed by atoms with E-state index >= 15 is 0 Å². The monoisotopic (exact) mass is 366 g/mol. The number of anilines is 4. The van der Waals surface area contributed by atoms with Crippen molar-refractivity contribution in [2.24, 2.45) is 0 Å². The highest BCUT2D eigenvalue weighted by Gasteiger charge is 2.22. The van der Waals surface area contributed by atoms with Gasteiger partial charge in [-0.1, -0.05) is 42.5 Å². The van der Waals surface area contributed by atoms with Crippen LogP contribution >= 0.6 is 0 Å². The van der Waals surface area contributed by atoms with Gasteiger partial charge in [0.25, 0.3) is 0 Å². The lowest BCUT2D eigenvalue weighted by atomic mass is 10.2. The maximum absolute atomic E-state index is 6.17. The average molecular weight is 366 g/mol. The van der Waals surface area contributed by atoms with Gasteiger partial charge >= 0.3 is 0 Å². The van der Waals surface area contributed by atoms with Crippen LogP contribution in [0.3, 0.4) is 0 Å². The molecule has 4 aromatic rings. The minimum atomic E-state index is 0.683. The van der Waals surface area contributed by atoms with Gasteiger partial charge in [0.2, 0.25) is 0 Å². The zero-order chi connectivity index (χ0) is 18.8. The minimum Gasteiger partial charge on any atom is -0.449 e. The van der Waals surface area contributed by atoms with Gasteiger partial charge in [0.05, 0.1) is 5.69 Å². The Kier molecular flexibility index (Phi) is 4.07. The van der Waals surface area contributed by atoms with Gasteiger partial charge < -0.3 is 20.1 Å². The van der Waals surface area contributed by atoms with Crippen LogP contribution in [-0.4, -0.2) is 0 Å². The summed E-state index contributed by atoms with van der Waals surface area (Å²) in [6.07, 6.45) is 0. The van der Waals surface area contributed by atoms with Crippen LogP contribution in [0, 0.1) is 0 Å². The second kappa shape index (κ2) is 7.00. The molecule has 0 atom stereocenters. The largest absolute Gasteiger partial charge is 0.449 e. The van der Waals surface area contributed by atoms with Crippen LogP contribution in [0.4, 0.5) is 22.7 Å². The van der Waals surface area contributed by atoms with Crippen molar-refractivity contribution in [3.8, 4) is 23.0 Å². The summed E-state index contributed by atoms with van der Waals surface area (Å²) in [6.45, 7) is 0. The van der Waals surface area contributed by atoms with Crippen molar-refractivity contribution < 1.29 is 9.47 Å². The molecule has 0 radical (unpaired) electrons. The van der Waals surface area contributed by atoms with E-state index in [9.17, 15) is 0 Å². The predicted octanol–water partition coefficient (Wildman–Crippen LogP) is 7.07. The molecule has 136 valence electrons. The van der Waals surface area contributed by atoms with Gasteiger partial charge in [0.15, 0.2) is 23.0 Å². The molecule has 4 aromatic carbocycles. The fourth-order valence-electron chi connectivity index (χ4n) is 3.14. The molecule has 2 N–H and O–H groups in total. The second-order valence-electron chi connectivity index (χ2n) is 6.48. The third-order valence-corrected chi connectivity index (χ3v) is 4.47. The number of para-hydroxylation sites is 3. The summed E-state index contributed by atoms with van der Waals surface area (Å²) < 4.78 is 12.3. The third kappa shape index (κ3) is 3.23. The van der Waals surface area contributed by atoms with Crippen molar-refractivity contribution in [1.29, 1.82) is 0 Å². The Morgan fingerprint density at radius 1 is 0.464 bits per heavy atom. The van der Waals surface area contributed by atoms with Gasteiger partial charge in [-0.25, -0.2) is 0 Å². The number of fused-ring (bicyclic) bond motifs is 2. The lowest BCUT2D eigenvalue weighted by molar-refractivity contribution is 0.361. The molecule has 1 aliphatic heterocycles. The number of hydrogen-bond donors (Lipinski definition) is 2. The molecule has 0 saturated carbocycles. The topological polar surface area (TPSA) is 42.5 Å². The van der Waals surface area contributed by atoms with Crippen LogP contribution in [0.2, 0.25) is 0 Å². The Balaban J connectivity index is 1.42.